The molecule has 1 amide bonds. The Kier molecular flexibility index (Phi) is 3.79. The lowest BCUT2D eigenvalue weighted by molar-refractivity contribution is -0.146. The summed E-state index contributed by atoms with van der Waals surface area (Å²) in [7, 11) is 0. The predicted molar refractivity (Wildman–Crippen MR) is 98.6 cm³/mol. The zero-order chi connectivity index (χ0) is 18.4. The van der Waals surface area contributed by atoms with Gasteiger partial charge in [0.25, 0.3) is 0 Å². The standard InChI is InChI=1S/C20H17NO5S/c22-18-8-9-20(13-4-2-1-3-5-13)21(18)15(11-27-20)19(23)26-14-6-7-16-17(10-14)25-12-24-16/h1-7,10,15H,8-9,11-12H2/t15-,20+/m0/s1. The molecule has 0 aliphatic carbocycles. The first-order chi connectivity index (χ1) is 13.2. The number of carbonyl (C=O) groups excluding carboxylic acids is 2. The first-order valence-electron chi connectivity index (χ1n) is 8.80. The highest BCUT2D eigenvalue weighted by molar-refractivity contribution is 8.00. The third kappa shape index (κ3) is 2.56. The summed E-state index contributed by atoms with van der Waals surface area (Å²) in [4.78, 5) is 26.7. The highest BCUT2D eigenvalue weighted by Crippen LogP contribution is 2.54. The van der Waals surface area contributed by atoms with E-state index in [9.17, 15) is 9.59 Å². The molecule has 6 nitrogen and oxygen atoms in total. The first kappa shape index (κ1) is 16.5. The molecular weight excluding hydrogens is 366 g/mol. The van der Waals surface area contributed by atoms with Gasteiger partial charge in [0.15, 0.2) is 11.5 Å². The SMILES string of the molecule is O=C(Oc1ccc2c(c1)OCO2)[C@@H]1CS[C@@]2(c3ccccc3)CCC(=O)N12. The van der Waals surface area contributed by atoms with Gasteiger partial charge in [-0.2, -0.15) is 0 Å². The molecule has 7 heteroatoms. The van der Waals surface area contributed by atoms with E-state index in [1.165, 1.54) is 0 Å². The normalized spacial score (nSPS) is 25.6. The summed E-state index contributed by atoms with van der Waals surface area (Å²) >= 11 is 1.64. The van der Waals surface area contributed by atoms with Gasteiger partial charge in [-0.3, -0.25) is 4.79 Å². The van der Waals surface area contributed by atoms with Crippen molar-refractivity contribution in [3.63, 3.8) is 0 Å². The summed E-state index contributed by atoms with van der Waals surface area (Å²) < 4.78 is 16.2. The molecular formula is C20H17NO5S. The third-order valence-corrected chi connectivity index (χ3v) is 6.78. The van der Waals surface area contributed by atoms with Crippen LogP contribution in [0.5, 0.6) is 17.2 Å². The van der Waals surface area contributed by atoms with Crippen LogP contribution in [-0.4, -0.2) is 35.4 Å². The molecule has 5 rings (SSSR count). The molecule has 27 heavy (non-hydrogen) atoms. The summed E-state index contributed by atoms with van der Waals surface area (Å²) in [6, 6.07) is 14.3. The number of fused-ring (bicyclic) bond motifs is 2. The summed E-state index contributed by atoms with van der Waals surface area (Å²) in [5.41, 5.74) is 1.05. The van der Waals surface area contributed by atoms with Gasteiger partial charge in [-0.1, -0.05) is 30.3 Å². The molecule has 2 fully saturated rings. The van der Waals surface area contributed by atoms with Crippen molar-refractivity contribution in [2.75, 3.05) is 12.5 Å². The minimum absolute atomic E-state index is 0.00325. The van der Waals surface area contributed by atoms with Crippen molar-refractivity contribution in [2.45, 2.75) is 23.8 Å². The van der Waals surface area contributed by atoms with E-state index in [1.807, 2.05) is 30.3 Å². The van der Waals surface area contributed by atoms with Crippen molar-refractivity contribution in [1.29, 1.82) is 0 Å². The number of benzene rings is 2. The Labute approximate surface area is 160 Å². The summed E-state index contributed by atoms with van der Waals surface area (Å²) in [5, 5.41) is 0. The summed E-state index contributed by atoms with van der Waals surface area (Å²) in [6.07, 6.45) is 1.14. The Morgan fingerprint density at radius 1 is 1.15 bits per heavy atom. The lowest BCUT2D eigenvalue weighted by Crippen LogP contribution is -2.47. The monoisotopic (exact) mass is 383 g/mol. The highest BCUT2D eigenvalue weighted by Gasteiger charge is 2.57. The van der Waals surface area contributed by atoms with E-state index in [0.717, 1.165) is 5.56 Å². The third-order valence-electron chi connectivity index (χ3n) is 5.19. The lowest BCUT2D eigenvalue weighted by atomic mass is 10.0. The van der Waals surface area contributed by atoms with Crippen LogP contribution in [0, 0.1) is 0 Å². The Hall–Kier alpha value is -2.67. The number of nitrogens with zero attached hydrogens (tertiary/aromatic N) is 1. The van der Waals surface area contributed by atoms with E-state index in [2.05, 4.69) is 0 Å². The van der Waals surface area contributed by atoms with Crippen molar-refractivity contribution in [1.82, 2.24) is 4.90 Å². The Morgan fingerprint density at radius 2 is 1.96 bits per heavy atom. The maximum Gasteiger partial charge on any atom is 0.335 e. The average molecular weight is 383 g/mol. The number of esters is 1. The van der Waals surface area contributed by atoms with Gasteiger partial charge in [-0.15, -0.1) is 11.8 Å². The molecule has 0 radical (unpaired) electrons. The van der Waals surface area contributed by atoms with Crippen LogP contribution in [0.15, 0.2) is 48.5 Å². The maximum atomic E-state index is 12.9. The molecule has 0 bridgehead atoms. The maximum absolute atomic E-state index is 12.9. The van der Waals surface area contributed by atoms with Crippen molar-refractivity contribution in [3.8, 4) is 17.2 Å². The van der Waals surface area contributed by atoms with Crippen molar-refractivity contribution in [3.05, 3.63) is 54.1 Å². The van der Waals surface area contributed by atoms with E-state index in [0.29, 0.717) is 35.8 Å². The molecule has 0 spiro atoms. The van der Waals surface area contributed by atoms with Gasteiger partial charge < -0.3 is 19.1 Å². The first-order valence-corrected chi connectivity index (χ1v) is 9.79. The molecule has 3 aliphatic rings. The highest BCUT2D eigenvalue weighted by atomic mass is 32.2. The Balaban J connectivity index is 1.41. The van der Waals surface area contributed by atoms with Crippen molar-refractivity contribution < 1.29 is 23.8 Å². The molecule has 3 heterocycles. The fraction of sp³-hybridized carbons (Fsp3) is 0.300. The second kappa shape index (κ2) is 6.20. The van der Waals surface area contributed by atoms with Crippen LogP contribution in [0.1, 0.15) is 18.4 Å². The molecule has 2 aromatic carbocycles. The van der Waals surface area contributed by atoms with Gasteiger partial charge in [0.05, 0.1) is 0 Å². The van der Waals surface area contributed by atoms with E-state index < -0.39 is 16.9 Å². The van der Waals surface area contributed by atoms with Gasteiger partial charge >= 0.3 is 5.97 Å². The smallest absolute Gasteiger partial charge is 0.335 e. The second-order valence-electron chi connectivity index (χ2n) is 6.68. The number of hydrogen-bond acceptors (Lipinski definition) is 6. The minimum Gasteiger partial charge on any atom is -0.454 e. The van der Waals surface area contributed by atoms with Crippen LogP contribution in [0.25, 0.3) is 0 Å². The fourth-order valence-electron chi connectivity index (χ4n) is 3.94. The summed E-state index contributed by atoms with van der Waals surface area (Å²) in [6.45, 7) is 0.161. The largest absolute Gasteiger partial charge is 0.454 e. The minimum atomic E-state index is -0.601. The predicted octanol–water partition coefficient (Wildman–Crippen LogP) is 2.91. The Morgan fingerprint density at radius 3 is 2.81 bits per heavy atom. The molecule has 0 aromatic heterocycles. The van der Waals surface area contributed by atoms with E-state index in [4.69, 9.17) is 14.2 Å². The van der Waals surface area contributed by atoms with Crippen LogP contribution in [0.4, 0.5) is 0 Å². The van der Waals surface area contributed by atoms with E-state index >= 15 is 0 Å². The molecule has 2 aromatic rings. The van der Waals surface area contributed by atoms with Crippen LogP contribution >= 0.6 is 11.8 Å². The molecule has 3 aliphatic heterocycles. The lowest BCUT2D eigenvalue weighted by Gasteiger charge is -2.33. The van der Waals surface area contributed by atoms with Crippen molar-refractivity contribution >= 4 is 23.6 Å². The van der Waals surface area contributed by atoms with Crippen LogP contribution < -0.4 is 14.2 Å². The quantitative estimate of drug-likeness (QED) is 0.600. The number of ether oxygens (including phenoxy) is 3. The Bertz CT molecular complexity index is 918. The number of thioether (sulfide) groups is 1. The molecule has 0 saturated carbocycles. The van der Waals surface area contributed by atoms with Crippen LogP contribution in [0.3, 0.4) is 0 Å². The molecule has 138 valence electrons. The van der Waals surface area contributed by atoms with Gasteiger partial charge in [0.1, 0.15) is 16.7 Å². The number of hydrogen-bond donors (Lipinski definition) is 0. The van der Waals surface area contributed by atoms with Gasteiger partial charge in [0.2, 0.25) is 12.7 Å². The molecule has 0 N–H and O–H groups in total. The zero-order valence-corrected chi connectivity index (χ0v) is 15.2. The number of carbonyl (C=O) groups is 2. The summed E-state index contributed by atoms with van der Waals surface area (Å²) in [5.74, 6) is 1.66. The fourth-order valence-corrected chi connectivity index (χ4v) is 5.58. The number of amides is 1. The molecule has 2 saturated heterocycles. The van der Waals surface area contributed by atoms with Crippen LogP contribution in [-0.2, 0) is 14.5 Å². The zero-order valence-electron chi connectivity index (χ0n) is 14.4. The van der Waals surface area contributed by atoms with E-state index in [-0.39, 0.29) is 12.7 Å². The number of rotatable bonds is 3. The topological polar surface area (TPSA) is 65.1 Å². The van der Waals surface area contributed by atoms with Crippen LogP contribution in [0.2, 0.25) is 0 Å². The average Bonchev–Trinajstić information content (AvgIpc) is 3.38. The second-order valence-corrected chi connectivity index (χ2v) is 7.97. The van der Waals surface area contributed by atoms with Gasteiger partial charge in [0, 0.05) is 18.2 Å². The molecule has 2 atom stereocenters. The van der Waals surface area contributed by atoms with Crippen molar-refractivity contribution in [2.24, 2.45) is 0 Å². The van der Waals surface area contributed by atoms with Gasteiger partial charge in [-0.05, 0) is 24.1 Å². The van der Waals surface area contributed by atoms with Gasteiger partial charge in [-0.25, -0.2) is 4.79 Å². The van der Waals surface area contributed by atoms with E-state index in [1.54, 1.807) is 34.9 Å². The molecule has 0 unspecified atom stereocenters.